The molecule has 1 aliphatic rings. The lowest BCUT2D eigenvalue weighted by molar-refractivity contribution is -0.147. The number of thiophene rings is 1. The summed E-state index contributed by atoms with van der Waals surface area (Å²) < 4.78 is 0. The van der Waals surface area contributed by atoms with Crippen molar-refractivity contribution in [2.45, 2.75) is 25.7 Å². The van der Waals surface area contributed by atoms with Crippen molar-refractivity contribution in [3.8, 4) is 0 Å². The third kappa shape index (κ3) is 2.98. The number of carboxylic acid groups (broad SMARTS) is 1. The SMILES string of the molecule is NC(=O)c1ccsc1NC(=O)C1CCCCC1C(=O)O. The molecule has 0 aromatic carbocycles. The van der Waals surface area contributed by atoms with Crippen LogP contribution in [0, 0.1) is 11.8 Å². The summed E-state index contributed by atoms with van der Waals surface area (Å²) in [7, 11) is 0. The van der Waals surface area contributed by atoms with E-state index in [1.165, 1.54) is 17.4 Å². The number of nitrogens with two attached hydrogens (primary N) is 1. The lowest BCUT2D eigenvalue weighted by Gasteiger charge is -2.27. The molecule has 0 radical (unpaired) electrons. The second-order valence-electron chi connectivity index (χ2n) is 4.85. The van der Waals surface area contributed by atoms with Gasteiger partial charge in [0.15, 0.2) is 0 Å². The Balaban J connectivity index is 2.12. The van der Waals surface area contributed by atoms with Crippen molar-refractivity contribution in [1.82, 2.24) is 0 Å². The van der Waals surface area contributed by atoms with Gasteiger partial charge in [-0.05, 0) is 24.3 Å². The van der Waals surface area contributed by atoms with Crippen LogP contribution in [0.4, 0.5) is 5.00 Å². The molecule has 0 aliphatic heterocycles. The molecule has 6 nitrogen and oxygen atoms in total. The molecule has 0 spiro atoms. The third-order valence-corrected chi connectivity index (χ3v) is 4.42. The fraction of sp³-hybridized carbons (Fsp3) is 0.462. The average molecular weight is 296 g/mol. The van der Waals surface area contributed by atoms with E-state index in [0.717, 1.165) is 12.8 Å². The zero-order valence-corrected chi connectivity index (χ0v) is 11.6. The minimum atomic E-state index is -0.939. The van der Waals surface area contributed by atoms with Gasteiger partial charge in [0.25, 0.3) is 5.91 Å². The first-order valence-corrected chi connectivity index (χ1v) is 7.29. The molecule has 2 atom stereocenters. The third-order valence-electron chi connectivity index (χ3n) is 3.59. The van der Waals surface area contributed by atoms with Crippen LogP contribution >= 0.6 is 11.3 Å². The van der Waals surface area contributed by atoms with Crippen LogP contribution in [0.1, 0.15) is 36.0 Å². The average Bonchev–Trinajstić information content (AvgIpc) is 2.87. The van der Waals surface area contributed by atoms with Gasteiger partial charge in [-0.25, -0.2) is 0 Å². The van der Waals surface area contributed by atoms with E-state index in [4.69, 9.17) is 5.73 Å². The second kappa shape index (κ2) is 6.04. The number of rotatable bonds is 4. The quantitative estimate of drug-likeness (QED) is 0.785. The van der Waals surface area contributed by atoms with E-state index in [1.807, 2.05) is 0 Å². The molecule has 2 unspecified atom stereocenters. The molecule has 1 aromatic heterocycles. The fourth-order valence-corrected chi connectivity index (χ4v) is 3.34. The van der Waals surface area contributed by atoms with Crippen LogP contribution in [0.25, 0.3) is 0 Å². The van der Waals surface area contributed by atoms with Crippen molar-refractivity contribution in [1.29, 1.82) is 0 Å². The van der Waals surface area contributed by atoms with Gasteiger partial charge in [-0.1, -0.05) is 12.8 Å². The zero-order valence-electron chi connectivity index (χ0n) is 10.8. The smallest absolute Gasteiger partial charge is 0.307 e. The first-order chi connectivity index (χ1) is 9.50. The number of carboxylic acids is 1. The van der Waals surface area contributed by atoms with Gasteiger partial charge in [0.1, 0.15) is 5.00 Å². The standard InChI is InChI=1S/C13H16N2O4S/c14-10(16)9-5-6-20-12(9)15-11(17)7-3-1-2-4-8(7)13(18)19/h5-8H,1-4H2,(H2,14,16)(H,15,17)(H,18,19). The van der Waals surface area contributed by atoms with Crippen LogP contribution in [0.2, 0.25) is 0 Å². The molecule has 1 aliphatic carbocycles. The van der Waals surface area contributed by atoms with Crippen molar-refractivity contribution < 1.29 is 19.5 Å². The minimum Gasteiger partial charge on any atom is -0.481 e. The maximum Gasteiger partial charge on any atom is 0.307 e. The highest BCUT2D eigenvalue weighted by Crippen LogP contribution is 2.32. The van der Waals surface area contributed by atoms with E-state index in [-0.39, 0.29) is 11.5 Å². The largest absolute Gasteiger partial charge is 0.481 e. The number of nitrogens with one attached hydrogen (secondary N) is 1. The Kier molecular flexibility index (Phi) is 4.39. The van der Waals surface area contributed by atoms with Crippen LogP contribution in [0.5, 0.6) is 0 Å². The maximum atomic E-state index is 12.2. The number of hydrogen-bond acceptors (Lipinski definition) is 4. The van der Waals surface area contributed by atoms with Gasteiger partial charge in [-0.15, -0.1) is 11.3 Å². The first kappa shape index (κ1) is 14.5. The van der Waals surface area contributed by atoms with E-state index < -0.39 is 23.7 Å². The van der Waals surface area contributed by atoms with Crippen molar-refractivity contribution in [2.24, 2.45) is 17.6 Å². The number of anilines is 1. The lowest BCUT2D eigenvalue weighted by Crippen LogP contribution is -2.36. The maximum absolute atomic E-state index is 12.2. The molecule has 2 rings (SSSR count). The summed E-state index contributed by atoms with van der Waals surface area (Å²) in [4.78, 5) is 34.6. The van der Waals surface area contributed by atoms with Gasteiger partial charge in [-0.3, -0.25) is 14.4 Å². The normalized spacial score (nSPS) is 22.2. The number of aliphatic carboxylic acids is 1. The van der Waals surface area contributed by atoms with Crippen molar-refractivity contribution in [3.63, 3.8) is 0 Å². The van der Waals surface area contributed by atoms with E-state index in [1.54, 1.807) is 5.38 Å². The van der Waals surface area contributed by atoms with E-state index in [2.05, 4.69) is 5.32 Å². The van der Waals surface area contributed by atoms with E-state index in [9.17, 15) is 19.5 Å². The summed E-state index contributed by atoms with van der Waals surface area (Å²) in [5, 5.41) is 13.9. The topological polar surface area (TPSA) is 109 Å². The van der Waals surface area contributed by atoms with Gasteiger partial charge in [0.05, 0.1) is 17.4 Å². The summed E-state index contributed by atoms with van der Waals surface area (Å²) >= 11 is 1.20. The number of hydrogen-bond donors (Lipinski definition) is 3. The summed E-state index contributed by atoms with van der Waals surface area (Å²) in [6.45, 7) is 0. The Bertz CT molecular complexity index is 540. The van der Waals surface area contributed by atoms with Gasteiger partial charge < -0.3 is 16.2 Å². The monoisotopic (exact) mass is 296 g/mol. The molecule has 20 heavy (non-hydrogen) atoms. The lowest BCUT2D eigenvalue weighted by atomic mass is 9.79. The second-order valence-corrected chi connectivity index (χ2v) is 5.77. The van der Waals surface area contributed by atoms with Crippen molar-refractivity contribution in [3.05, 3.63) is 17.0 Å². The van der Waals surface area contributed by atoms with Crippen LogP contribution in [0.15, 0.2) is 11.4 Å². The summed E-state index contributed by atoms with van der Waals surface area (Å²) in [6, 6.07) is 1.54. The molecule has 1 heterocycles. The molecule has 2 amide bonds. The highest BCUT2D eigenvalue weighted by atomic mass is 32.1. The predicted octanol–water partition coefficient (Wildman–Crippen LogP) is 1.68. The van der Waals surface area contributed by atoms with Crippen molar-refractivity contribution >= 4 is 34.1 Å². The Labute approximate surface area is 120 Å². The molecular weight excluding hydrogens is 280 g/mol. The molecule has 108 valence electrons. The van der Waals surface area contributed by atoms with Crippen molar-refractivity contribution in [2.75, 3.05) is 5.32 Å². The van der Waals surface area contributed by atoms with Crippen LogP contribution in [-0.2, 0) is 9.59 Å². The van der Waals surface area contributed by atoms with Gasteiger partial charge in [-0.2, -0.15) is 0 Å². The van der Waals surface area contributed by atoms with Gasteiger partial charge in [0.2, 0.25) is 5.91 Å². The molecule has 1 fully saturated rings. The van der Waals surface area contributed by atoms with E-state index in [0.29, 0.717) is 17.8 Å². The molecule has 1 aromatic rings. The van der Waals surface area contributed by atoms with Crippen LogP contribution < -0.4 is 11.1 Å². The summed E-state index contributed by atoms with van der Waals surface area (Å²) in [5.74, 6) is -3.10. The Morgan fingerprint density at radius 3 is 2.50 bits per heavy atom. The molecule has 4 N–H and O–H groups in total. The first-order valence-electron chi connectivity index (χ1n) is 6.41. The Hall–Kier alpha value is -1.89. The predicted molar refractivity (Wildman–Crippen MR) is 74.6 cm³/mol. The van der Waals surface area contributed by atoms with Gasteiger partial charge >= 0.3 is 5.97 Å². The minimum absolute atomic E-state index is 0.256. The summed E-state index contributed by atoms with van der Waals surface area (Å²) in [5.41, 5.74) is 5.47. The molecule has 0 bridgehead atoms. The Morgan fingerprint density at radius 1 is 1.25 bits per heavy atom. The Morgan fingerprint density at radius 2 is 1.90 bits per heavy atom. The number of carbonyl (C=O) groups is 3. The number of carbonyl (C=O) groups excluding carboxylic acids is 2. The van der Waals surface area contributed by atoms with Crippen LogP contribution in [0.3, 0.4) is 0 Å². The highest BCUT2D eigenvalue weighted by molar-refractivity contribution is 7.14. The van der Waals surface area contributed by atoms with E-state index >= 15 is 0 Å². The number of amides is 2. The zero-order chi connectivity index (χ0) is 14.7. The van der Waals surface area contributed by atoms with Crippen LogP contribution in [-0.4, -0.2) is 22.9 Å². The molecule has 0 saturated heterocycles. The van der Waals surface area contributed by atoms with Gasteiger partial charge in [0, 0.05) is 0 Å². The molecule has 7 heteroatoms. The molecule has 1 saturated carbocycles. The fourth-order valence-electron chi connectivity index (χ4n) is 2.54. The summed E-state index contributed by atoms with van der Waals surface area (Å²) in [6.07, 6.45) is 2.74. The highest BCUT2D eigenvalue weighted by Gasteiger charge is 2.36. The molecular formula is C13H16N2O4S. The number of primary amides is 1.